The summed E-state index contributed by atoms with van der Waals surface area (Å²) in [5, 5.41) is 0. The fourth-order valence-electron chi connectivity index (χ4n) is 6.01. The molecule has 0 N–H and O–H groups in total. The van der Waals surface area contributed by atoms with Gasteiger partial charge in [0.15, 0.2) is 6.10 Å². The van der Waals surface area contributed by atoms with Crippen molar-refractivity contribution in [2.45, 2.75) is 206 Å². The molecule has 0 aromatic carbocycles. The third kappa shape index (κ3) is 38.5. The van der Waals surface area contributed by atoms with E-state index in [1.54, 1.807) is 0 Å². The predicted octanol–water partition coefficient (Wildman–Crippen LogP) is 11.0. The van der Waals surface area contributed by atoms with Crippen molar-refractivity contribution in [1.29, 1.82) is 0 Å². The largest absolute Gasteiger partial charge is 0.756 e. The summed E-state index contributed by atoms with van der Waals surface area (Å²) in [5.41, 5.74) is 0. The zero-order chi connectivity index (χ0) is 37.9. The highest BCUT2D eigenvalue weighted by molar-refractivity contribution is 7.45. The Morgan fingerprint density at radius 1 is 0.529 bits per heavy atom. The van der Waals surface area contributed by atoms with Gasteiger partial charge in [0, 0.05) is 12.8 Å². The fraction of sp³-hybridized carbons (Fsp3) is 0.951. The lowest BCUT2D eigenvalue weighted by molar-refractivity contribution is -0.870. The number of carbonyl (C=O) groups excluding carboxylic acids is 2. The predicted molar refractivity (Wildman–Crippen MR) is 208 cm³/mol. The number of rotatable bonds is 39. The van der Waals surface area contributed by atoms with E-state index in [2.05, 4.69) is 13.8 Å². The van der Waals surface area contributed by atoms with Crippen molar-refractivity contribution in [3.05, 3.63) is 0 Å². The molecule has 0 saturated carbocycles. The van der Waals surface area contributed by atoms with Crippen LogP contribution in [0.1, 0.15) is 200 Å². The minimum absolute atomic E-state index is 0.0262. The molecule has 0 fully saturated rings. The number of hydrogen-bond donors (Lipinski definition) is 0. The van der Waals surface area contributed by atoms with Gasteiger partial charge in [-0.05, 0) is 12.8 Å². The molecule has 0 aromatic rings. The van der Waals surface area contributed by atoms with Crippen LogP contribution in [0.5, 0.6) is 0 Å². The lowest BCUT2D eigenvalue weighted by atomic mass is 10.0. The molecular weight excluding hydrogens is 665 g/mol. The molecular formula is C41H82NO8P. The van der Waals surface area contributed by atoms with E-state index in [0.717, 1.165) is 38.5 Å². The molecule has 51 heavy (non-hydrogen) atoms. The van der Waals surface area contributed by atoms with E-state index in [4.69, 9.17) is 18.5 Å². The third-order valence-electron chi connectivity index (χ3n) is 9.38. The van der Waals surface area contributed by atoms with Crippen LogP contribution in [0.4, 0.5) is 0 Å². The van der Waals surface area contributed by atoms with Crippen LogP contribution in [0, 0.1) is 0 Å². The molecule has 0 heterocycles. The van der Waals surface area contributed by atoms with Crippen LogP contribution in [-0.2, 0) is 32.7 Å². The molecule has 0 rings (SSSR count). The van der Waals surface area contributed by atoms with Crippen molar-refractivity contribution in [3.63, 3.8) is 0 Å². The molecule has 0 radical (unpaired) electrons. The lowest BCUT2D eigenvalue weighted by Crippen LogP contribution is -2.37. The Labute approximate surface area is 314 Å². The van der Waals surface area contributed by atoms with Crippen molar-refractivity contribution in [2.75, 3.05) is 47.5 Å². The van der Waals surface area contributed by atoms with E-state index >= 15 is 0 Å². The maximum absolute atomic E-state index is 12.5. The van der Waals surface area contributed by atoms with Gasteiger partial charge in [0.1, 0.15) is 19.8 Å². The van der Waals surface area contributed by atoms with Crippen molar-refractivity contribution in [1.82, 2.24) is 0 Å². The monoisotopic (exact) mass is 748 g/mol. The highest BCUT2D eigenvalue weighted by Crippen LogP contribution is 2.38. The van der Waals surface area contributed by atoms with E-state index in [1.807, 2.05) is 21.1 Å². The summed E-state index contributed by atoms with van der Waals surface area (Å²) < 4.78 is 33.7. The second-order valence-electron chi connectivity index (χ2n) is 15.7. The molecule has 10 heteroatoms. The van der Waals surface area contributed by atoms with E-state index in [1.165, 1.54) is 128 Å². The van der Waals surface area contributed by atoms with Crippen LogP contribution in [0.15, 0.2) is 0 Å². The average Bonchev–Trinajstić information content (AvgIpc) is 3.07. The molecule has 0 spiro atoms. The van der Waals surface area contributed by atoms with Crippen molar-refractivity contribution >= 4 is 19.8 Å². The second kappa shape index (κ2) is 34.8. The minimum Gasteiger partial charge on any atom is -0.756 e. The summed E-state index contributed by atoms with van der Waals surface area (Å²) in [4.78, 5) is 37.3. The van der Waals surface area contributed by atoms with Crippen LogP contribution in [0.3, 0.4) is 0 Å². The van der Waals surface area contributed by atoms with E-state index in [9.17, 15) is 19.0 Å². The summed E-state index contributed by atoms with van der Waals surface area (Å²) in [6, 6.07) is 0. The normalized spacial score (nSPS) is 13.6. The van der Waals surface area contributed by atoms with Gasteiger partial charge in [0.25, 0.3) is 7.82 Å². The molecule has 9 nitrogen and oxygen atoms in total. The quantitative estimate of drug-likeness (QED) is 0.0264. The molecule has 0 aliphatic carbocycles. The summed E-state index contributed by atoms with van der Waals surface area (Å²) in [5.74, 6) is -0.827. The van der Waals surface area contributed by atoms with Gasteiger partial charge in [-0.15, -0.1) is 0 Å². The molecule has 0 aliphatic heterocycles. The Balaban J connectivity index is 4.19. The number of quaternary nitrogens is 1. The first-order chi connectivity index (χ1) is 24.5. The Morgan fingerprint density at radius 3 is 1.25 bits per heavy atom. The zero-order valence-electron chi connectivity index (χ0n) is 34.1. The number of likely N-dealkylation sites (N-methyl/N-ethyl adjacent to an activating group) is 1. The van der Waals surface area contributed by atoms with Gasteiger partial charge < -0.3 is 27.9 Å². The van der Waals surface area contributed by atoms with Gasteiger partial charge in [-0.1, -0.05) is 174 Å². The number of esters is 2. The summed E-state index contributed by atoms with van der Waals surface area (Å²) in [6.45, 7) is 4.21. The Kier molecular flexibility index (Phi) is 34.1. The Hall–Kier alpha value is -0.990. The van der Waals surface area contributed by atoms with Crippen LogP contribution in [0.25, 0.3) is 0 Å². The van der Waals surface area contributed by atoms with Gasteiger partial charge in [0.2, 0.25) is 0 Å². The van der Waals surface area contributed by atoms with Crippen molar-refractivity contribution < 1.29 is 42.1 Å². The van der Waals surface area contributed by atoms with Crippen LogP contribution in [-0.4, -0.2) is 70.0 Å². The minimum atomic E-state index is -4.61. The molecule has 0 saturated heterocycles. The number of phosphoric ester groups is 1. The van der Waals surface area contributed by atoms with Gasteiger partial charge in [0.05, 0.1) is 27.7 Å². The molecule has 0 aromatic heterocycles. The number of ether oxygens (including phenoxy) is 2. The van der Waals surface area contributed by atoms with Gasteiger partial charge in [-0.2, -0.15) is 0 Å². The van der Waals surface area contributed by atoms with Gasteiger partial charge in [-0.3, -0.25) is 14.2 Å². The number of phosphoric acid groups is 1. The summed E-state index contributed by atoms with van der Waals surface area (Å²) in [6.07, 6.45) is 32.9. The second-order valence-corrected chi connectivity index (χ2v) is 17.1. The average molecular weight is 748 g/mol. The van der Waals surface area contributed by atoms with Crippen LogP contribution in [0.2, 0.25) is 0 Å². The zero-order valence-corrected chi connectivity index (χ0v) is 35.0. The smallest absolute Gasteiger partial charge is 0.306 e. The number of nitrogens with zero attached hydrogens (tertiary/aromatic N) is 1. The summed E-state index contributed by atoms with van der Waals surface area (Å²) >= 11 is 0. The van der Waals surface area contributed by atoms with Gasteiger partial charge >= 0.3 is 11.9 Å². The Bertz CT molecular complexity index is 850. The SMILES string of the molecule is CCCCCCCCCCCCCCCCCCCCCC(=O)OC[C@H](COP(=O)([O-])OCC[N+](C)(C)C)OC(=O)CCCCCCCCCC. The van der Waals surface area contributed by atoms with E-state index in [-0.39, 0.29) is 32.0 Å². The van der Waals surface area contributed by atoms with E-state index in [0.29, 0.717) is 17.4 Å². The third-order valence-corrected chi connectivity index (χ3v) is 10.3. The highest BCUT2D eigenvalue weighted by atomic mass is 31.2. The lowest BCUT2D eigenvalue weighted by Gasteiger charge is -2.28. The van der Waals surface area contributed by atoms with Gasteiger partial charge in [-0.25, -0.2) is 0 Å². The number of hydrogen-bond acceptors (Lipinski definition) is 8. The standard InChI is InChI=1S/C41H82NO8P/c1-6-8-10-12-14-16-17-18-19-20-21-22-23-24-25-26-28-29-31-33-40(43)47-37-39(38-49-51(45,46)48-36-35-42(3,4)5)50-41(44)34-32-30-27-15-13-11-9-7-2/h39H,6-38H2,1-5H3/t39-/m1/s1. The fourth-order valence-corrected chi connectivity index (χ4v) is 6.74. The maximum Gasteiger partial charge on any atom is 0.306 e. The van der Waals surface area contributed by atoms with Crippen LogP contribution >= 0.6 is 7.82 Å². The van der Waals surface area contributed by atoms with Crippen molar-refractivity contribution in [2.24, 2.45) is 0 Å². The molecule has 0 bridgehead atoms. The maximum atomic E-state index is 12.5. The molecule has 0 aliphatic rings. The summed E-state index contributed by atoms with van der Waals surface area (Å²) in [7, 11) is 1.18. The molecule has 2 atom stereocenters. The first kappa shape index (κ1) is 50.0. The molecule has 304 valence electrons. The molecule has 1 unspecified atom stereocenters. The van der Waals surface area contributed by atoms with Crippen molar-refractivity contribution in [3.8, 4) is 0 Å². The Morgan fingerprint density at radius 2 is 0.882 bits per heavy atom. The first-order valence-corrected chi connectivity index (χ1v) is 22.7. The number of carbonyl (C=O) groups is 2. The highest BCUT2D eigenvalue weighted by Gasteiger charge is 2.21. The van der Waals surface area contributed by atoms with Crippen LogP contribution < -0.4 is 4.89 Å². The topological polar surface area (TPSA) is 111 Å². The van der Waals surface area contributed by atoms with E-state index < -0.39 is 26.5 Å². The molecule has 0 amide bonds. The number of unbranched alkanes of at least 4 members (excludes halogenated alkanes) is 25. The first-order valence-electron chi connectivity index (χ1n) is 21.2.